The Labute approximate surface area is 131 Å². The number of amides is 1. The number of halogens is 1. The Balaban J connectivity index is 1.64. The summed E-state index contributed by atoms with van der Waals surface area (Å²) in [6.45, 7) is 6.11. The molecule has 0 aromatic carbocycles. The Kier molecular flexibility index (Phi) is 6.54. The van der Waals surface area contributed by atoms with Crippen molar-refractivity contribution >= 4 is 17.5 Å². The van der Waals surface area contributed by atoms with Gasteiger partial charge in [0, 0.05) is 25.9 Å². The minimum Gasteiger partial charge on any atom is -0.378 e. The van der Waals surface area contributed by atoms with E-state index in [-0.39, 0.29) is 5.91 Å². The van der Waals surface area contributed by atoms with Crippen molar-refractivity contribution in [3.05, 3.63) is 23.0 Å². The van der Waals surface area contributed by atoms with Crippen molar-refractivity contribution in [3.8, 4) is 0 Å². The highest BCUT2D eigenvalue weighted by Crippen LogP contribution is 2.14. The van der Waals surface area contributed by atoms with Crippen LogP contribution in [0, 0.1) is 0 Å². The molecule has 1 saturated heterocycles. The summed E-state index contributed by atoms with van der Waals surface area (Å²) >= 11 is 5.93. The number of ether oxygens (including phenoxy) is 1. The molecular formula is C15H24ClN3O2. The summed E-state index contributed by atoms with van der Waals surface area (Å²) in [5.74, 6) is -0.0781. The van der Waals surface area contributed by atoms with E-state index >= 15 is 0 Å². The summed E-state index contributed by atoms with van der Waals surface area (Å²) in [7, 11) is 0. The maximum absolute atomic E-state index is 12.1. The van der Waals surface area contributed by atoms with E-state index in [1.165, 1.54) is 0 Å². The largest absolute Gasteiger partial charge is 0.378 e. The lowest BCUT2D eigenvalue weighted by atomic mass is 10.1. The van der Waals surface area contributed by atoms with Crippen LogP contribution in [0.4, 0.5) is 0 Å². The zero-order valence-corrected chi connectivity index (χ0v) is 13.3. The molecule has 0 radical (unpaired) electrons. The first-order chi connectivity index (χ1) is 10.2. The predicted octanol–water partition coefficient (Wildman–Crippen LogP) is 2.05. The Morgan fingerprint density at radius 1 is 1.52 bits per heavy atom. The number of nitrogens with zero attached hydrogens (tertiary/aromatic N) is 1. The van der Waals surface area contributed by atoms with Crippen LogP contribution in [0.5, 0.6) is 0 Å². The lowest BCUT2D eigenvalue weighted by Gasteiger charge is -2.22. The molecule has 0 bridgehead atoms. The number of carbonyl (C=O) groups is 1. The Morgan fingerprint density at radius 2 is 2.29 bits per heavy atom. The maximum Gasteiger partial charge on any atom is 0.267 e. The third-order valence-electron chi connectivity index (χ3n) is 3.68. The molecule has 0 saturated carbocycles. The molecule has 6 heteroatoms. The van der Waals surface area contributed by atoms with Crippen LogP contribution in [-0.2, 0) is 11.3 Å². The fourth-order valence-corrected chi connectivity index (χ4v) is 2.72. The van der Waals surface area contributed by atoms with Crippen LogP contribution in [-0.4, -0.2) is 42.8 Å². The average Bonchev–Trinajstić information content (AvgIpc) is 2.89. The molecule has 2 rings (SSSR count). The monoisotopic (exact) mass is 313 g/mol. The van der Waals surface area contributed by atoms with Crippen molar-refractivity contribution in [1.29, 1.82) is 0 Å². The van der Waals surface area contributed by atoms with Crippen LogP contribution >= 0.6 is 11.6 Å². The number of aromatic nitrogens is 1. The highest BCUT2D eigenvalue weighted by Gasteiger charge is 2.13. The van der Waals surface area contributed by atoms with E-state index in [1.807, 2.05) is 11.5 Å². The van der Waals surface area contributed by atoms with E-state index in [4.69, 9.17) is 16.3 Å². The summed E-state index contributed by atoms with van der Waals surface area (Å²) < 4.78 is 7.65. The summed E-state index contributed by atoms with van der Waals surface area (Å²) in [4.78, 5) is 12.1. The smallest absolute Gasteiger partial charge is 0.267 e. The number of hydrogen-bond acceptors (Lipinski definition) is 3. The van der Waals surface area contributed by atoms with Gasteiger partial charge in [0.1, 0.15) is 5.69 Å². The lowest BCUT2D eigenvalue weighted by Crippen LogP contribution is -2.33. The number of nitrogens with one attached hydrogen (secondary N) is 2. The van der Waals surface area contributed by atoms with Gasteiger partial charge in [-0.3, -0.25) is 4.79 Å². The normalized spacial score (nSPS) is 16.1. The standard InChI is InChI=1S/C15H24ClN3O2/c1-2-19-11-12(16)10-14(19)15(20)18-6-3-9-21-13-4-7-17-8-5-13/h10-11,13,17H,2-9H2,1H3,(H,18,20). The summed E-state index contributed by atoms with van der Waals surface area (Å²) in [6.07, 6.45) is 5.13. The van der Waals surface area contributed by atoms with Crippen molar-refractivity contribution in [2.24, 2.45) is 0 Å². The van der Waals surface area contributed by atoms with Crippen LogP contribution in [0.15, 0.2) is 12.3 Å². The predicted molar refractivity (Wildman–Crippen MR) is 83.9 cm³/mol. The van der Waals surface area contributed by atoms with Crippen LogP contribution in [0.1, 0.15) is 36.7 Å². The first-order valence-electron chi connectivity index (χ1n) is 7.67. The fourth-order valence-electron chi connectivity index (χ4n) is 2.50. The second-order valence-electron chi connectivity index (χ2n) is 5.26. The zero-order valence-electron chi connectivity index (χ0n) is 12.5. The van der Waals surface area contributed by atoms with Gasteiger partial charge in [0.25, 0.3) is 5.91 Å². The quantitative estimate of drug-likeness (QED) is 0.758. The molecule has 118 valence electrons. The molecule has 1 amide bonds. The molecule has 5 nitrogen and oxygen atoms in total. The molecule has 0 unspecified atom stereocenters. The topological polar surface area (TPSA) is 55.3 Å². The van der Waals surface area contributed by atoms with Gasteiger partial charge in [-0.05, 0) is 45.3 Å². The lowest BCUT2D eigenvalue weighted by molar-refractivity contribution is 0.0317. The molecule has 1 aliphatic heterocycles. The zero-order chi connectivity index (χ0) is 15.1. The Hall–Kier alpha value is -1.04. The van der Waals surface area contributed by atoms with Crippen molar-refractivity contribution in [2.45, 2.75) is 38.8 Å². The van der Waals surface area contributed by atoms with Gasteiger partial charge in [0.15, 0.2) is 0 Å². The van der Waals surface area contributed by atoms with Crippen LogP contribution < -0.4 is 10.6 Å². The van der Waals surface area contributed by atoms with Crippen LogP contribution in [0.25, 0.3) is 0 Å². The van der Waals surface area contributed by atoms with E-state index in [1.54, 1.807) is 12.3 Å². The van der Waals surface area contributed by atoms with Gasteiger partial charge in [-0.25, -0.2) is 0 Å². The van der Waals surface area contributed by atoms with Gasteiger partial charge >= 0.3 is 0 Å². The molecule has 0 atom stereocenters. The number of hydrogen-bond donors (Lipinski definition) is 2. The Bertz CT molecular complexity index is 456. The maximum atomic E-state index is 12.1. The van der Waals surface area contributed by atoms with Gasteiger partial charge in [-0.15, -0.1) is 0 Å². The second kappa shape index (κ2) is 8.41. The van der Waals surface area contributed by atoms with Gasteiger partial charge in [0.05, 0.1) is 11.1 Å². The van der Waals surface area contributed by atoms with Crippen molar-refractivity contribution in [1.82, 2.24) is 15.2 Å². The molecule has 0 aliphatic carbocycles. The summed E-state index contributed by atoms with van der Waals surface area (Å²) in [6, 6.07) is 1.70. The summed E-state index contributed by atoms with van der Waals surface area (Å²) in [5, 5.41) is 6.82. The molecule has 1 aromatic heterocycles. The molecule has 1 aromatic rings. The average molecular weight is 314 g/mol. The van der Waals surface area contributed by atoms with E-state index in [0.717, 1.165) is 38.9 Å². The molecule has 2 N–H and O–H groups in total. The first kappa shape index (κ1) is 16.3. The molecule has 1 fully saturated rings. The third-order valence-corrected chi connectivity index (χ3v) is 3.89. The van der Waals surface area contributed by atoms with Gasteiger partial charge in [0.2, 0.25) is 0 Å². The number of rotatable bonds is 7. The second-order valence-corrected chi connectivity index (χ2v) is 5.70. The molecule has 1 aliphatic rings. The molecule has 2 heterocycles. The third kappa shape index (κ3) is 5.02. The van der Waals surface area contributed by atoms with Crippen LogP contribution in [0.3, 0.4) is 0 Å². The molecule has 0 spiro atoms. The summed E-state index contributed by atoms with van der Waals surface area (Å²) in [5.41, 5.74) is 0.613. The minimum absolute atomic E-state index is 0.0781. The number of piperidine rings is 1. The van der Waals surface area contributed by atoms with Crippen molar-refractivity contribution < 1.29 is 9.53 Å². The van der Waals surface area contributed by atoms with E-state index in [0.29, 0.717) is 30.0 Å². The highest BCUT2D eigenvalue weighted by molar-refractivity contribution is 6.31. The molecule has 21 heavy (non-hydrogen) atoms. The highest BCUT2D eigenvalue weighted by atomic mass is 35.5. The fraction of sp³-hybridized carbons (Fsp3) is 0.667. The number of carbonyl (C=O) groups excluding carboxylic acids is 1. The van der Waals surface area contributed by atoms with E-state index < -0.39 is 0 Å². The van der Waals surface area contributed by atoms with E-state index in [2.05, 4.69) is 10.6 Å². The van der Waals surface area contributed by atoms with Crippen LogP contribution in [0.2, 0.25) is 5.02 Å². The SMILES string of the molecule is CCn1cc(Cl)cc1C(=O)NCCCOC1CCNCC1. The Morgan fingerprint density at radius 3 is 3.00 bits per heavy atom. The van der Waals surface area contributed by atoms with E-state index in [9.17, 15) is 4.79 Å². The minimum atomic E-state index is -0.0781. The first-order valence-corrected chi connectivity index (χ1v) is 8.04. The molecular weight excluding hydrogens is 290 g/mol. The van der Waals surface area contributed by atoms with Gasteiger partial charge < -0.3 is 19.9 Å². The van der Waals surface area contributed by atoms with Gasteiger partial charge in [-0.1, -0.05) is 11.6 Å². The van der Waals surface area contributed by atoms with Gasteiger partial charge in [-0.2, -0.15) is 0 Å². The van der Waals surface area contributed by atoms with Crippen molar-refractivity contribution in [3.63, 3.8) is 0 Å². The number of aryl methyl sites for hydroxylation is 1. The van der Waals surface area contributed by atoms with Crippen molar-refractivity contribution in [2.75, 3.05) is 26.2 Å².